The van der Waals surface area contributed by atoms with Crippen LogP contribution in [-0.2, 0) is 10.0 Å². The lowest BCUT2D eigenvalue weighted by molar-refractivity contribution is 0.154. The van der Waals surface area contributed by atoms with Crippen LogP contribution < -0.4 is 9.88 Å². The first-order valence-electron chi connectivity index (χ1n) is 6.19. The van der Waals surface area contributed by atoms with Crippen molar-refractivity contribution in [2.24, 2.45) is 10.6 Å². The highest BCUT2D eigenvalue weighted by Gasteiger charge is 2.31. The van der Waals surface area contributed by atoms with Gasteiger partial charge in [-0.2, -0.15) is 0 Å². The Hall–Kier alpha value is -0.780. The molecule has 1 rings (SSSR count). The molecule has 0 heterocycles. The molecule has 6 heteroatoms. The van der Waals surface area contributed by atoms with Gasteiger partial charge in [0, 0.05) is 10.4 Å². The molecule has 0 radical (unpaired) electrons. The summed E-state index contributed by atoms with van der Waals surface area (Å²) in [5.74, 6) is 0.603. The summed E-state index contributed by atoms with van der Waals surface area (Å²) < 4.78 is 28.3. The molecule has 0 atom stereocenters. The largest absolute Gasteiger partial charge is 0.493 e. The molecule has 0 amide bonds. The van der Waals surface area contributed by atoms with Crippen LogP contribution in [0.1, 0.15) is 26.7 Å². The molecule has 1 aromatic carbocycles. The van der Waals surface area contributed by atoms with Crippen LogP contribution in [0.5, 0.6) is 5.75 Å². The number of ether oxygens (including phenoxy) is 1. The van der Waals surface area contributed by atoms with Gasteiger partial charge in [-0.3, -0.25) is 0 Å². The van der Waals surface area contributed by atoms with Crippen molar-refractivity contribution in [1.82, 2.24) is 0 Å². The van der Waals surface area contributed by atoms with Gasteiger partial charge >= 0.3 is 0 Å². The van der Waals surface area contributed by atoms with E-state index >= 15 is 0 Å². The van der Waals surface area contributed by atoms with Crippen LogP contribution in [-0.4, -0.2) is 20.8 Å². The van der Waals surface area contributed by atoms with Crippen LogP contribution in [0, 0.1) is 5.41 Å². The Labute approximate surface area is 120 Å². The second kappa shape index (κ2) is 6.59. The lowest BCUT2D eigenvalue weighted by Crippen LogP contribution is -2.37. The Morgan fingerprint density at radius 3 is 2.16 bits per heavy atom. The van der Waals surface area contributed by atoms with Crippen LogP contribution in [0.4, 0.5) is 0 Å². The molecule has 0 unspecified atom stereocenters. The van der Waals surface area contributed by atoms with E-state index in [1.807, 2.05) is 13.8 Å². The van der Waals surface area contributed by atoms with Crippen molar-refractivity contribution in [3.05, 3.63) is 29.3 Å². The Kier molecular flexibility index (Phi) is 5.64. The van der Waals surface area contributed by atoms with E-state index in [1.54, 1.807) is 24.3 Å². The minimum absolute atomic E-state index is 0.0689. The molecule has 0 saturated carbocycles. The van der Waals surface area contributed by atoms with E-state index in [4.69, 9.17) is 21.5 Å². The number of rotatable bonds is 7. The fourth-order valence-corrected chi connectivity index (χ4v) is 3.37. The second-order valence-corrected chi connectivity index (χ2v) is 6.81. The molecule has 0 bridgehead atoms. The van der Waals surface area contributed by atoms with Crippen LogP contribution >= 0.6 is 11.6 Å². The molecule has 0 aromatic heterocycles. The molecular formula is C13H20ClNO3S. The Balaban J connectivity index is 2.76. The molecule has 2 N–H and O–H groups in total. The van der Waals surface area contributed by atoms with Crippen molar-refractivity contribution in [3.63, 3.8) is 0 Å². The molecule has 1 aromatic rings. The number of hydrogen-bond acceptors (Lipinski definition) is 3. The summed E-state index contributed by atoms with van der Waals surface area (Å²) in [7, 11) is -3.52. The third-order valence-corrected chi connectivity index (χ3v) is 4.63. The van der Waals surface area contributed by atoms with Gasteiger partial charge in [0.2, 0.25) is 10.0 Å². The van der Waals surface area contributed by atoms with E-state index in [0.29, 0.717) is 30.2 Å². The van der Waals surface area contributed by atoms with Crippen LogP contribution in [0.15, 0.2) is 24.3 Å². The number of sulfonamides is 1. The standard InChI is InChI=1S/C13H20ClNO3S/c1-3-13(4-2,10-19(15,16)17)9-18-12-7-5-11(14)6-8-12/h5-8H,3-4,9-10H2,1-2H3,(H2,15,16,17). The first kappa shape index (κ1) is 16.3. The third-order valence-electron chi connectivity index (χ3n) is 3.37. The molecule has 0 aliphatic rings. The summed E-state index contributed by atoms with van der Waals surface area (Å²) in [6.45, 7) is 4.21. The van der Waals surface area contributed by atoms with Gasteiger partial charge in [0.1, 0.15) is 5.75 Å². The summed E-state index contributed by atoms with van der Waals surface area (Å²) in [6.07, 6.45) is 1.38. The normalized spacial score (nSPS) is 12.4. The molecule has 4 nitrogen and oxygen atoms in total. The van der Waals surface area contributed by atoms with Crippen LogP contribution in [0.2, 0.25) is 5.02 Å². The minimum Gasteiger partial charge on any atom is -0.493 e. The fourth-order valence-electron chi connectivity index (χ4n) is 1.89. The van der Waals surface area contributed by atoms with E-state index < -0.39 is 15.4 Å². The number of hydrogen-bond donors (Lipinski definition) is 1. The van der Waals surface area contributed by atoms with Gasteiger partial charge in [0.15, 0.2) is 0 Å². The third kappa shape index (κ3) is 5.38. The van der Waals surface area contributed by atoms with Gasteiger partial charge < -0.3 is 4.74 Å². The summed E-state index contributed by atoms with van der Waals surface area (Å²) in [4.78, 5) is 0. The first-order chi connectivity index (χ1) is 8.80. The highest BCUT2D eigenvalue weighted by Crippen LogP contribution is 2.29. The van der Waals surface area contributed by atoms with Gasteiger partial charge in [-0.1, -0.05) is 25.4 Å². The molecule has 0 saturated heterocycles. The van der Waals surface area contributed by atoms with Crippen molar-refractivity contribution in [2.75, 3.05) is 12.4 Å². The maximum atomic E-state index is 11.3. The zero-order valence-electron chi connectivity index (χ0n) is 11.2. The molecule has 0 aliphatic heterocycles. The summed E-state index contributed by atoms with van der Waals surface area (Å²) in [6, 6.07) is 6.98. The van der Waals surface area contributed by atoms with E-state index in [9.17, 15) is 8.42 Å². The lowest BCUT2D eigenvalue weighted by atomic mass is 9.85. The van der Waals surface area contributed by atoms with Crippen molar-refractivity contribution in [2.45, 2.75) is 26.7 Å². The average molecular weight is 306 g/mol. The Morgan fingerprint density at radius 2 is 1.74 bits per heavy atom. The molecule has 0 fully saturated rings. The average Bonchev–Trinajstić information content (AvgIpc) is 2.35. The SMILES string of the molecule is CCC(CC)(COc1ccc(Cl)cc1)CS(N)(=O)=O. The van der Waals surface area contributed by atoms with Crippen LogP contribution in [0.3, 0.4) is 0 Å². The fraction of sp³-hybridized carbons (Fsp3) is 0.538. The zero-order chi connectivity index (χ0) is 14.5. The maximum absolute atomic E-state index is 11.3. The molecule has 19 heavy (non-hydrogen) atoms. The minimum atomic E-state index is -3.52. The Morgan fingerprint density at radius 1 is 1.21 bits per heavy atom. The molecule has 0 aliphatic carbocycles. The maximum Gasteiger partial charge on any atom is 0.209 e. The van der Waals surface area contributed by atoms with E-state index in [0.717, 1.165) is 0 Å². The van der Waals surface area contributed by atoms with E-state index in [-0.39, 0.29) is 5.75 Å². The summed E-state index contributed by atoms with van der Waals surface area (Å²) in [5.41, 5.74) is -0.451. The lowest BCUT2D eigenvalue weighted by Gasteiger charge is -2.30. The predicted octanol–water partition coefficient (Wildman–Crippen LogP) is 2.81. The number of primary sulfonamides is 1. The van der Waals surface area contributed by atoms with Gasteiger partial charge in [0.25, 0.3) is 0 Å². The predicted molar refractivity (Wildman–Crippen MR) is 77.9 cm³/mol. The van der Waals surface area contributed by atoms with E-state index in [1.165, 1.54) is 0 Å². The highest BCUT2D eigenvalue weighted by molar-refractivity contribution is 7.89. The molecule has 108 valence electrons. The van der Waals surface area contributed by atoms with Gasteiger partial charge in [0.05, 0.1) is 12.4 Å². The summed E-state index contributed by atoms with van der Waals surface area (Å²) >= 11 is 5.79. The number of benzene rings is 1. The van der Waals surface area contributed by atoms with Crippen molar-refractivity contribution in [1.29, 1.82) is 0 Å². The van der Waals surface area contributed by atoms with Crippen LogP contribution in [0.25, 0.3) is 0 Å². The molecular weight excluding hydrogens is 286 g/mol. The molecule has 0 spiro atoms. The van der Waals surface area contributed by atoms with Gasteiger partial charge in [-0.05, 0) is 37.1 Å². The van der Waals surface area contributed by atoms with Gasteiger partial charge in [-0.15, -0.1) is 0 Å². The van der Waals surface area contributed by atoms with Crippen molar-refractivity contribution in [3.8, 4) is 5.75 Å². The van der Waals surface area contributed by atoms with Gasteiger partial charge in [-0.25, -0.2) is 13.6 Å². The topological polar surface area (TPSA) is 69.4 Å². The smallest absolute Gasteiger partial charge is 0.209 e. The zero-order valence-corrected chi connectivity index (χ0v) is 12.8. The quantitative estimate of drug-likeness (QED) is 0.842. The Bertz CT molecular complexity index is 495. The number of halogens is 1. The number of nitrogens with two attached hydrogens (primary N) is 1. The van der Waals surface area contributed by atoms with E-state index in [2.05, 4.69) is 0 Å². The summed E-state index contributed by atoms with van der Waals surface area (Å²) in [5, 5.41) is 5.79. The monoisotopic (exact) mass is 305 g/mol. The second-order valence-electron chi connectivity index (χ2n) is 4.76. The highest BCUT2D eigenvalue weighted by atomic mass is 35.5. The van der Waals surface area contributed by atoms with Crippen molar-refractivity contribution >= 4 is 21.6 Å². The first-order valence-corrected chi connectivity index (χ1v) is 8.28. The van der Waals surface area contributed by atoms with Crippen molar-refractivity contribution < 1.29 is 13.2 Å².